The van der Waals surface area contributed by atoms with Crippen molar-refractivity contribution in [2.24, 2.45) is 0 Å². The number of benzene rings is 2. The van der Waals surface area contributed by atoms with Crippen LogP contribution in [0.4, 0.5) is 0 Å². The van der Waals surface area contributed by atoms with Gasteiger partial charge in [0, 0.05) is 31.9 Å². The highest BCUT2D eigenvalue weighted by atomic mass is 32.2. The molecule has 1 amide bonds. The number of carbonyl (C=O) groups excluding carboxylic acids is 1. The van der Waals surface area contributed by atoms with Crippen molar-refractivity contribution in [3.05, 3.63) is 70.8 Å². The van der Waals surface area contributed by atoms with Crippen molar-refractivity contribution in [2.45, 2.75) is 25.8 Å². The SMILES string of the molecule is Cc1cccc(CSCC(=O)NCc2cccc(CN3CCOCC3)c2)c1. The molecular weight excluding hydrogens is 356 g/mol. The van der Waals surface area contributed by atoms with Gasteiger partial charge in [0.1, 0.15) is 0 Å². The molecule has 1 fully saturated rings. The van der Waals surface area contributed by atoms with E-state index in [1.54, 1.807) is 11.8 Å². The summed E-state index contributed by atoms with van der Waals surface area (Å²) in [7, 11) is 0. The van der Waals surface area contributed by atoms with Gasteiger partial charge in [0.25, 0.3) is 0 Å². The predicted molar refractivity (Wildman–Crippen MR) is 112 cm³/mol. The van der Waals surface area contributed by atoms with Gasteiger partial charge in [0.05, 0.1) is 19.0 Å². The lowest BCUT2D eigenvalue weighted by atomic mass is 10.1. The molecule has 2 aromatic rings. The Morgan fingerprint density at radius 2 is 1.81 bits per heavy atom. The third kappa shape index (κ3) is 7.01. The Hall–Kier alpha value is -1.82. The molecule has 1 heterocycles. The Kier molecular flexibility index (Phi) is 7.75. The molecule has 144 valence electrons. The van der Waals surface area contributed by atoms with Gasteiger partial charge < -0.3 is 10.1 Å². The van der Waals surface area contributed by atoms with Crippen LogP contribution in [0.25, 0.3) is 0 Å². The van der Waals surface area contributed by atoms with Crippen molar-refractivity contribution in [1.29, 1.82) is 0 Å². The van der Waals surface area contributed by atoms with E-state index in [0.717, 1.165) is 44.2 Å². The van der Waals surface area contributed by atoms with E-state index in [2.05, 4.69) is 65.7 Å². The largest absolute Gasteiger partial charge is 0.379 e. The third-order valence-corrected chi connectivity index (χ3v) is 5.58. The molecule has 0 unspecified atom stereocenters. The molecule has 0 spiro atoms. The third-order valence-electron chi connectivity index (χ3n) is 4.58. The monoisotopic (exact) mass is 384 g/mol. The van der Waals surface area contributed by atoms with Crippen molar-refractivity contribution < 1.29 is 9.53 Å². The molecule has 27 heavy (non-hydrogen) atoms. The van der Waals surface area contributed by atoms with Crippen LogP contribution in [0, 0.1) is 6.92 Å². The number of hydrogen-bond acceptors (Lipinski definition) is 4. The standard InChI is InChI=1S/C22H28N2O2S/c1-18-4-2-7-21(12-18)16-27-17-22(25)23-14-19-5-3-6-20(13-19)15-24-8-10-26-11-9-24/h2-7,12-13H,8-11,14-17H2,1H3,(H,23,25). The number of carbonyl (C=O) groups is 1. The highest BCUT2D eigenvalue weighted by Crippen LogP contribution is 2.14. The molecule has 1 saturated heterocycles. The van der Waals surface area contributed by atoms with Crippen LogP contribution in [0.3, 0.4) is 0 Å². The van der Waals surface area contributed by atoms with Gasteiger partial charge in [-0.25, -0.2) is 0 Å². The van der Waals surface area contributed by atoms with Crippen molar-refractivity contribution in [3.8, 4) is 0 Å². The zero-order valence-electron chi connectivity index (χ0n) is 15.9. The fourth-order valence-electron chi connectivity index (χ4n) is 3.17. The van der Waals surface area contributed by atoms with Crippen LogP contribution in [0.5, 0.6) is 0 Å². The summed E-state index contributed by atoms with van der Waals surface area (Å²) in [6.07, 6.45) is 0. The number of ether oxygens (including phenoxy) is 1. The van der Waals surface area contributed by atoms with E-state index in [9.17, 15) is 4.79 Å². The van der Waals surface area contributed by atoms with E-state index in [4.69, 9.17) is 4.74 Å². The molecule has 0 bridgehead atoms. The van der Waals surface area contributed by atoms with Gasteiger partial charge in [-0.05, 0) is 23.6 Å². The lowest BCUT2D eigenvalue weighted by Gasteiger charge is -2.26. The van der Waals surface area contributed by atoms with Crippen LogP contribution >= 0.6 is 11.8 Å². The molecule has 1 aliphatic rings. The number of aryl methyl sites for hydroxylation is 1. The normalized spacial score (nSPS) is 14.9. The summed E-state index contributed by atoms with van der Waals surface area (Å²) in [6.45, 7) is 7.22. The summed E-state index contributed by atoms with van der Waals surface area (Å²) in [6, 6.07) is 16.9. The molecule has 3 rings (SSSR count). The average molecular weight is 385 g/mol. The maximum atomic E-state index is 12.1. The lowest BCUT2D eigenvalue weighted by molar-refractivity contribution is -0.118. The molecule has 0 aliphatic carbocycles. The zero-order valence-corrected chi connectivity index (χ0v) is 16.8. The second kappa shape index (κ2) is 10.5. The Morgan fingerprint density at radius 3 is 2.63 bits per heavy atom. The van der Waals surface area contributed by atoms with Crippen molar-refractivity contribution >= 4 is 17.7 Å². The maximum absolute atomic E-state index is 12.1. The van der Waals surface area contributed by atoms with E-state index < -0.39 is 0 Å². The van der Waals surface area contributed by atoms with Crippen LogP contribution in [0.1, 0.15) is 22.3 Å². The molecule has 1 N–H and O–H groups in total. The van der Waals surface area contributed by atoms with Crippen LogP contribution in [0.2, 0.25) is 0 Å². The molecular formula is C22H28N2O2S. The fraction of sp³-hybridized carbons (Fsp3) is 0.409. The van der Waals surface area contributed by atoms with Crippen LogP contribution in [-0.4, -0.2) is 42.9 Å². The topological polar surface area (TPSA) is 41.6 Å². The molecule has 0 saturated carbocycles. The minimum Gasteiger partial charge on any atom is -0.379 e. The van der Waals surface area contributed by atoms with E-state index in [1.165, 1.54) is 16.7 Å². The zero-order chi connectivity index (χ0) is 18.9. The quantitative estimate of drug-likeness (QED) is 0.758. The van der Waals surface area contributed by atoms with Crippen LogP contribution in [-0.2, 0) is 28.4 Å². The molecule has 4 nitrogen and oxygen atoms in total. The Morgan fingerprint density at radius 1 is 1.07 bits per heavy atom. The Bertz CT molecular complexity index is 745. The second-order valence-electron chi connectivity index (χ2n) is 6.97. The van der Waals surface area contributed by atoms with Gasteiger partial charge in [0.2, 0.25) is 5.91 Å². The summed E-state index contributed by atoms with van der Waals surface area (Å²) >= 11 is 1.65. The first-order chi connectivity index (χ1) is 13.2. The Labute approximate surface area is 166 Å². The van der Waals surface area contributed by atoms with Crippen LogP contribution in [0.15, 0.2) is 48.5 Å². The maximum Gasteiger partial charge on any atom is 0.230 e. The molecule has 5 heteroatoms. The van der Waals surface area contributed by atoms with E-state index >= 15 is 0 Å². The number of nitrogens with one attached hydrogen (secondary N) is 1. The van der Waals surface area contributed by atoms with Gasteiger partial charge in [0.15, 0.2) is 0 Å². The Balaban J connectivity index is 1.39. The van der Waals surface area contributed by atoms with E-state index in [0.29, 0.717) is 12.3 Å². The van der Waals surface area contributed by atoms with Crippen molar-refractivity contribution in [1.82, 2.24) is 10.2 Å². The van der Waals surface area contributed by atoms with Gasteiger partial charge in [-0.2, -0.15) is 0 Å². The predicted octanol–water partition coefficient (Wildman–Crippen LogP) is 3.38. The van der Waals surface area contributed by atoms with Crippen molar-refractivity contribution in [3.63, 3.8) is 0 Å². The summed E-state index contributed by atoms with van der Waals surface area (Å²) in [5, 5.41) is 3.03. The van der Waals surface area contributed by atoms with Gasteiger partial charge in [-0.3, -0.25) is 9.69 Å². The molecule has 0 atom stereocenters. The molecule has 0 aromatic heterocycles. The first-order valence-electron chi connectivity index (χ1n) is 9.47. The smallest absolute Gasteiger partial charge is 0.230 e. The minimum absolute atomic E-state index is 0.0891. The average Bonchev–Trinajstić information content (AvgIpc) is 2.68. The summed E-state index contributed by atoms with van der Waals surface area (Å²) in [5.41, 5.74) is 4.97. The number of nitrogens with zero attached hydrogens (tertiary/aromatic N) is 1. The second-order valence-corrected chi connectivity index (χ2v) is 7.95. The molecule has 0 radical (unpaired) electrons. The number of hydrogen-bond donors (Lipinski definition) is 1. The van der Waals surface area contributed by atoms with E-state index in [1.807, 2.05) is 0 Å². The number of rotatable bonds is 8. The number of thioether (sulfide) groups is 1. The number of amides is 1. The first kappa shape index (κ1) is 19.9. The highest BCUT2D eigenvalue weighted by Gasteiger charge is 2.11. The summed E-state index contributed by atoms with van der Waals surface area (Å²) in [5.74, 6) is 1.44. The number of morpholine rings is 1. The van der Waals surface area contributed by atoms with Gasteiger partial charge in [-0.15, -0.1) is 11.8 Å². The van der Waals surface area contributed by atoms with E-state index in [-0.39, 0.29) is 5.91 Å². The molecule has 1 aliphatic heterocycles. The van der Waals surface area contributed by atoms with Gasteiger partial charge in [-0.1, -0.05) is 54.1 Å². The van der Waals surface area contributed by atoms with Crippen molar-refractivity contribution in [2.75, 3.05) is 32.1 Å². The van der Waals surface area contributed by atoms with Crippen LogP contribution < -0.4 is 5.32 Å². The summed E-state index contributed by atoms with van der Waals surface area (Å²) in [4.78, 5) is 14.5. The highest BCUT2D eigenvalue weighted by molar-refractivity contribution is 7.99. The first-order valence-corrected chi connectivity index (χ1v) is 10.6. The molecule has 2 aromatic carbocycles. The van der Waals surface area contributed by atoms with Gasteiger partial charge >= 0.3 is 0 Å². The lowest BCUT2D eigenvalue weighted by Crippen LogP contribution is -2.35. The summed E-state index contributed by atoms with van der Waals surface area (Å²) < 4.78 is 5.40. The fourth-order valence-corrected chi connectivity index (χ4v) is 3.98. The minimum atomic E-state index is 0.0891.